The van der Waals surface area contributed by atoms with Crippen molar-refractivity contribution in [2.75, 3.05) is 13.6 Å². The van der Waals surface area contributed by atoms with Crippen molar-refractivity contribution in [2.24, 2.45) is 0 Å². The number of benzene rings is 1. The number of carboxylic acid groups (broad SMARTS) is 1. The third-order valence-corrected chi connectivity index (χ3v) is 3.20. The van der Waals surface area contributed by atoms with Gasteiger partial charge < -0.3 is 14.7 Å². The van der Waals surface area contributed by atoms with E-state index in [0.29, 0.717) is 19.7 Å². The first-order chi connectivity index (χ1) is 10.6. The molecule has 2 aromatic rings. The van der Waals surface area contributed by atoms with E-state index >= 15 is 0 Å². The van der Waals surface area contributed by atoms with Crippen molar-refractivity contribution in [3.05, 3.63) is 59.9 Å². The van der Waals surface area contributed by atoms with E-state index in [9.17, 15) is 4.79 Å². The molecule has 0 unspecified atom stereocenters. The predicted octanol–water partition coefficient (Wildman–Crippen LogP) is 2.57. The molecule has 0 fully saturated rings. The maximum atomic E-state index is 10.5. The molecule has 1 heterocycles. The normalized spacial score (nSPS) is 10.6. The summed E-state index contributed by atoms with van der Waals surface area (Å²) in [7, 11) is 1.91. The van der Waals surface area contributed by atoms with Gasteiger partial charge in [0.05, 0.1) is 12.1 Å². The number of nitrogens with zero attached hydrogens (tertiary/aromatic N) is 2. The van der Waals surface area contributed by atoms with E-state index in [4.69, 9.17) is 9.84 Å². The molecular weight excluding hydrogens is 280 g/mol. The molecule has 116 valence electrons. The Bertz CT molecular complexity index is 585. The lowest BCUT2D eigenvalue weighted by Crippen LogP contribution is -2.21. The van der Waals surface area contributed by atoms with Crippen LogP contribution in [0.4, 0.5) is 0 Å². The summed E-state index contributed by atoms with van der Waals surface area (Å²) in [4.78, 5) is 16.7. The average molecular weight is 300 g/mol. The third-order valence-electron chi connectivity index (χ3n) is 3.20. The quantitative estimate of drug-likeness (QED) is 0.812. The largest absolute Gasteiger partial charge is 0.487 e. The van der Waals surface area contributed by atoms with Crippen molar-refractivity contribution >= 4 is 5.97 Å². The molecule has 0 aliphatic rings. The van der Waals surface area contributed by atoms with Crippen molar-refractivity contribution < 1.29 is 14.6 Å². The molecule has 0 radical (unpaired) electrons. The molecule has 5 nitrogen and oxygen atoms in total. The molecule has 0 aliphatic heterocycles. The maximum Gasteiger partial charge on any atom is 0.304 e. The van der Waals surface area contributed by atoms with Gasteiger partial charge in [0.25, 0.3) is 0 Å². The van der Waals surface area contributed by atoms with Crippen LogP contribution in [-0.4, -0.2) is 34.6 Å². The standard InChI is InChI=1S/C17H20N2O3/c1-19(11-9-17(20)21)12-14-5-7-16(8-6-14)22-13-15-4-2-3-10-18-15/h2-8,10H,9,11-13H2,1H3,(H,20,21). The smallest absolute Gasteiger partial charge is 0.304 e. The van der Waals surface area contributed by atoms with E-state index in [1.807, 2.05) is 54.4 Å². The summed E-state index contributed by atoms with van der Waals surface area (Å²) in [6.07, 6.45) is 1.90. The van der Waals surface area contributed by atoms with Gasteiger partial charge in [0, 0.05) is 19.3 Å². The highest BCUT2D eigenvalue weighted by atomic mass is 16.5. The minimum atomic E-state index is -0.773. The van der Waals surface area contributed by atoms with Crippen molar-refractivity contribution in [1.82, 2.24) is 9.88 Å². The fourth-order valence-corrected chi connectivity index (χ4v) is 2.01. The monoisotopic (exact) mass is 300 g/mol. The van der Waals surface area contributed by atoms with Crippen molar-refractivity contribution in [3.8, 4) is 5.75 Å². The number of aromatic nitrogens is 1. The Morgan fingerprint density at radius 1 is 1.23 bits per heavy atom. The summed E-state index contributed by atoms with van der Waals surface area (Å²) >= 11 is 0. The fraction of sp³-hybridized carbons (Fsp3) is 0.294. The Kier molecular flexibility index (Phi) is 5.91. The van der Waals surface area contributed by atoms with E-state index in [-0.39, 0.29) is 6.42 Å². The highest BCUT2D eigenvalue weighted by Gasteiger charge is 2.04. The molecule has 5 heteroatoms. The Labute approximate surface area is 130 Å². The second kappa shape index (κ2) is 8.14. The minimum Gasteiger partial charge on any atom is -0.487 e. The summed E-state index contributed by atoms with van der Waals surface area (Å²) in [6.45, 7) is 1.69. The van der Waals surface area contributed by atoms with E-state index in [1.54, 1.807) is 6.20 Å². The summed E-state index contributed by atoms with van der Waals surface area (Å²) in [5.74, 6) is 0.0210. The summed E-state index contributed by atoms with van der Waals surface area (Å²) in [5.41, 5.74) is 2.01. The van der Waals surface area contributed by atoms with Gasteiger partial charge in [-0.05, 0) is 36.9 Å². The Morgan fingerprint density at radius 3 is 2.64 bits per heavy atom. The van der Waals surface area contributed by atoms with Crippen LogP contribution in [0.15, 0.2) is 48.7 Å². The Balaban J connectivity index is 1.81. The van der Waals surface area contributed by atoms with Gasteiger partial charge in [-0.3, -0.25) is 9.78 Å². The second-order valence-corrected chi connectivity index (χ2v) is 5.14. The predicted molar refractivity (Wildman–Crippen MR) is 83.6 cm³/mol. The van der Waals surface area contributed by atoms with Gasteiger partial charge in [0.2, 0.25) is 0 Å². The molecule has 0 bridgehead atoms. The average Bonchev–Trinajstić information content (AvgIpc) is 2.53. The first-order valence-corrected chi connectivity index (χ1v) is 7.15. The number of pyridine rings is 1. The Morgan fingerprint density at radius 2 is 2.00 bits per heavy atom. The fourth-order valence-electron chi connectivity index (χ4n) is 2.01. The minimum absolute atomic E-state index is 0.155. The van der Waals surface area contributed by atoms with Crippen molar-refractivity contribution in [2.45, 2.75) is 19.6 Å². The van der Waals surface area contributed by atoms with Crippen LogP contribution in [0.1, 0.15) is 17.7 Å². The van der Waals surface area contributed by atoms with Crippen LogP contribution in [0.5, 0.6) is 5.75 Å². The van der Waals surface area contributed by atoms with Gasteiger partial charge in [-0.1, -0.05) is 18.2 Å². The highest BCUT2D eigenvalue weighted by molar-refractivity contribution is 5.66. The van der Waals surface area contributed by atoms with Gasteiger partial charge >= 0.3 is 5.97 Å². The highest BCUT2D eigenvalue weighted by Crippen LogP contribution is 2.14. The summed E-state index contributed by atoms with van der Waals surface area (Å²) in [5, 5.41) is 8.67. The van der Waals surface area contributed by atoms with Gasteiger partial charge in [-0.2, -0.15) is 0 Å². The van der Waals surface area contributed by atoms with Crippen LogP contribution in [0.2, 0.25) is 0 Å². The van der Waals surface area contributed by atoms with E-state index < -0.39 is 5.97 Å². The molecule has 22 heavy (non-hydrogen) atoms. The number of aliphatic carboxylic acids is 1. The molecule has 0 saturated heterocycles. The van der Waals surface area contributed by atoms with Crippen LogP contribution < -0.4 is 4.74 Å². The zero-order chi connectivity index (χ0) is 15.8. The van der Waals surface area contributed by atoms with Crippen LogP contribution in [-0.2, 0) is 17.9 Å². The van der Waals surface area contributed by atoms with Gasteiger partial charge in [-0.15, -0.1) is 0 Å². The number of hydrogen-bond acceptors (Lipinski definition) is 4. The lowest BCUT2D eigenvalue weighted by atomic mass is 10.2. The molecule has 0 saturated carbocycles. The molecule has 0 amide bonds. The molecule has 1 aromatic carbocycles. The topological polar surface area (TPSA) is 62.7 Å². The number of carboxylic acids is 1. The number of carbonyl (C=O) groups is 1. The van der Waals surface area contributed by atoms with E-state index in [0.717, 1.165) is 17.0 Å². The van der Waals surface area contributed by atoms with Crippen molar-refractivity contribution in [3.63, 3.8) is 0 Å². The molecule has 0 aliphatic carbocycles. The van der Waals surface area contributed by atoms with Gasteiger partial charge in [-0.25, -0.2) is 0 Å². The lowest BCUT2D eigenvalue weighted by Gasteiger charge is -2.15. The first kappa shape index (κ1) is 16.0. The zero-order valence-corrected chi connectivity index (χ0v) is 12.6. The number of rotatable bonds is 8. The molecule has 2 rings (SSSR count). The Hall–Kier alpha value is -2.40. The molecular formula is C17H20N2O3. The SMILES string of the molecule is CN(CCC(=O)O)Cc1ccc(OCc2ccccn2)cc1. The molecule has 0 atom stereocenters. The van der Waals surface area contributed by atoms with E-state index in [2.05, 4.69) is 4.98 Å². The third kappa shape index (κ3) is 5.54. The van der Waals surface area contributed by atoms with Crippen LogP contribution in [0, 0.1) is 0 Å². The first-order valence-electron chi connectivity index (χ1n) is 7.15. The number of hydrogen-bond donors (Lipinski definition) is 1. The molecule has 0 spiro atoms. The summed E-state index contributed by atoms with van der Waals surface area (Å²) < 4.78 is 5.68. The zero-order valence-electron chi connectivity index (χ0n) is 12.6. The molecule has 1 aromatic heterocycles. The van der Waals surface area contributed by atoms with E-state index in [1.165, 1.54) is 0 Å². The van der Waals surface area contributed by atoms with Gasteiger partial charge in [0.15, 0.2) is 0 Å². The van der Waals surface area contributed by atoms with Crippen LogP contribution >= 0.6 is 0 Å². The number of ether oxygens (including phenoxy) is 1. The van der Waals surface area contributed by atoms with Gasteiger partial charge in [0.1, 0.15) is 12.4 Å². The second-order valence-electron chi connectivity index (χ2n) is 5.14. The van der Waals surface area contributed by atoms with Crippen LogP contribution in [0.3, 0.4) is 0 Å². The maximum absolute atomic E-state index is 10.5. The van der Waals surface area contributed by atoms with Crippen molar-refractivity contribution in [1.29, 1.82) is 0 Å². The lowest BCUT2D eigenvalue weighted by molar-refractivity contribution is -0.137. The summed E-state index contributed by atoms with van der Waals surface area (Å²) in [6, 6.07) is 13.6. The molecule has 1 N–H and O–H groups in total. The van der Waals surface area contributed by atoms with Crippen LogP contribution in [0.25, 0.3) is 0 Å².